The van der Waals surface area contributed by atoms with Crippen molar-refractivity contribution in [2.24, 2.45) is 0 Å². The molecule has 2 N–H and O–H groups in total. The number of hydrazine groups is 1. The van der Waals surface area contributed by atoms with E-state index in [0.29, 0.717) is 11.5 Å². The number of ether oxygens (including phenoxy) is 2. The largest absolute Gasteiger partial charge is 0.483 e. The van der Waals surface area contributed by atoms with Gasteiger partial charge in [-0.15, -0.1) is 0 Å². The average Bonchev–Trinajstić information content (AvgIpc) is 2.63. The van der Waals surface area contributed by atoms with Crippen LogP contribution in [0.4, 0.5) is 0 Å². The second-order valence-corrected chi connectivity index (χ2v) is 7.64. The van der Waals surface area contributed by atoms with Gasteiger partial charge in [0.2, 0.25) is 0 Å². The fourth-order valence-electron chi connectivity index (χ4n) is 2.73. The van der Waals surface area contributed by atoms with Crippen LogP contribution in [-0.2, 0) is 15.0 Å². The van der Waals surface area contributed by atoms with Crippen molar-refractivity contribution in [3.63, 3.8) is 0 Å². The summed E-state index contributed by atoms with van der Waals surface area (Å²) in [6.45, 7) is 9.65. The number of aryl methyl sites for hydroxylation is 2. The molecular formula is C22H28N2O4. The number of carbonyl (C=O) groups excluding carboxylic acids is 2. The second kappa shape index (κ2) is 9.26. The Morgan fingerprint density at radius 1 is 0.821 bits per heavy atom. The number of amides is 2. The van der Waals surface area contributed by atoms with E-state index in [1.165, 1.54) is 0 Å². The highest BCUT2D eigenvalue weighted by Crippen LogP contribution is 2.30. The first kappa shape index (κ1) is 21.3. The number of rotatable bonds is 6. The maximum Gasteiger partial charge on any atom is 0.276 e. The Kier molecular flexibility index (Phi) is 7.04. The molecule has 0 aliphatic rings. The van der Waals surface area contributed by atoms with Gasteiger partial charge < -0.3 is 9.47 Å². The molecule has 0 aliphatic carbocycles. The maximum absolute atomic E-state index is 12.0. The molecule has 0 radical (unpaired) electrons. The lowest BCUT2D eigenvalue weighted by Crippen LogP contribution is -2.45. The van der Waals surface area contributed by atoms with Crippen molar-refractivity contribution in [3.05, 3.63) is 59.2 Å². The molecule has 2 aromatic rings. The van der Waals surface area contributed by atoms with Gasteiger partial charge in [-0.3, -0.25) is 20.4 Å². The summed E-state index contributed by atoms with van der Waals surface area (Å²) in [5.74, 6) is 0.413. The van der Waals surface area contributed by atoms with Crippen LogP contribution in [0.2, 0.25) is 0 Å². The van der Waals surface area contributed by atoms with Crippen molar-refractivity contribution < 1.29 is 19.1 Å². The zero-order valence-corrected chi connectivity index (χ0v) is 17.1. The topological polar surface area (TPSA) is 76.7 Å². The lowest BCUT2D eigenvalue weighted by molar-refractivity contribution is -0.131. The van der Waals surface area contributed by atoms with Crippen LogP contribution in [0.5, 0.6) is 11.5 Å². The minimum atomic E-state index is -0.455. The van der Waals surface area contributed by atoms with Crippen molar-refractivity contribution >= 4 is 11.8 Å². The summed E-state index contributed by atoms with van der Waals surface area (Å²) in [5.41, 5.74) is 7.46. The molecule has 0 fully saturated rings. The zero-order valence-electron chi connectivity index (χ0n) is 17.1. The molecule has 150 valence electrons. The third-order valence-corrected chi connectivity index (χ3v) is 4.15. The molecule has 0 saturated heterocycles. The molecule has 0 aliphatic heterocycles. The highest BCUT2D eigenvalue weighted by Gasteiger charge is 2.19. The summed E-state index contributed by atoms with van der Waals surface area (Å²) in [5, 5.41) is 0. The van der Waals surface area contributed by atoms with E-state index in [2.05, 4.69) is 31.6 Å². The predicted octanol–water partition coefficient (Wildman–Crippen LogP) is 3.21. The van der Waals surface area contributed by atoms with Crippen LogP contribution in [0.15, 0.2) is 42.5 Å². The molecule has 0 spiro atoms. The first-order valence-electron chi connectivity index (χ1n) is 9.17. The number of carbonyl (C=O) groups is 2. The third-order valence-electron chi connectivity index (χ3n) is 4.15. The van der Waals surface area contributed by atoms with Crippen LogP contribution in [0, 0.1) is 13.8 Å². The monoisotopic (exact) mass is 384 g/mol. The van der Waals surface area contributed by atoms with Crippen LogP contribution < -0.4 is 20.3 Å². The molecule has 2 amide bonds. The summed E-state index contributed by atoms with van der Waals surface area (Å²) in [4.78, 5) is 23.9. The average molecular weight is 384 g/mol. The molecule has 6 nitrogen and oxygen atoms in total. The number of hydrogen-bond acceptors (Lipinski definition) is 4. The summed E-state index contributed by atoms with van der Waals surface area (Å²) in [6, 6.07) is 13.3. The van der Waals surface area contributed by atoms with Crippen LogP contribution in [0.1, 0.15) is 37.5 Å². The van der Waals surface area contributed by atoms with Crippen molar-refractivity contribution in [3.8, 4) is 11.5 Å². The third kappa shape index (κ3) is 6.01. The predicted molar refractivity (Wildman–Crippen MR) is 108 cm³/mol. The summed E-state index contributed by atoms with van der Waals surface area (Å²) < 4.78 is 11.2. The number of nitrogens with one attached hydrogen (secondary N) is 2. The van der Waals surface area contributed by atoms with Gasteiger partial charge in [0, 0.05) is 0 Å². The minimum Gasteiger partial charge on any atom is -0.483 e. The van der Waals surface area contributed by atoms with E-state index in [9.17, 15) is 9.59 Å². The Balaban J connectivity index is 1.79. The Morgan fingerprint density at radius 2 is 1.36 bits per heavy atom. The zero-order chi connectivity index (χ0) is 20.7. The second-order valence-electron chi connectivity index (χ2n) is 7.64. The normalized spacial score (nSPS) is 10.9. The molecular weight excluding hydrogens is 356 g/mol. The smallest absolute Gasteiger partial charge is 0.276 e. The Hall–Kier alpha value is -3.02. The fraction of sp³-hybridized carbons (Fsp3) is 0.364. The number of para-hydroxylation sites is 2. The van der Waals surface area contributed by atoms with Crippen LogP contribution in [-0.4, -0.2) is 25.0 Å². The first-order valence-corrected chi connectivity index (χ1v) is 9.17. The Labute approximate surface area is 166 Å². The lowest BCUT2D eigenvalue weighted by Gasteiger charge is -2.22. The molecule has 6 heteroatoms. The van der Waals surface area contributed by atoms with E-state index < -0.39 is 11.8 Å². The highest BCUT2D eigenvalue weighted by molar-refractivity contribution is 5.83. The molecule has 0 unspecified atom stereocenters. The summed E-state index contributed by atoms with van der Waals surface area (Å²) >= 11 is 0. The van der Waals surface area contributed by atoms with Gasteiger partial charge in [-0.05, 0) is 42.0 Å². The molecule has 0 saturated carbocycles. The standard InChI is InChI=1S/C22H28N2O4/c1-15-9-8-10-16(2)21(15)28-14-20(26)24-23-19(25)13-27-18-12-7-6-11-17(18)22(3,4)5/h6-12H,13-14H2,1-5H3,(H,23,25)(H,24,26). The number of hydrogen-bond donors (Lipinski definition) is 2. The van der Waals surface area contributed by atoms with Gasteiger partial charge in [0.15, 0.2) is 13.2 Å². The van der Waals surface area contributed by atoms with E-state index in [-0.39, 0.29) is 18.6 Å². The highest BCUT2D eigenvalue weighted by atomic mass is 16.5. The van der Waals surface area contributed by atoms with Crippen molar-refractivity contribution in [1.29, 1.82) is 0 Å². The maximum atomic E-state index is 12.0. The van der Waals surface area contributed by atoms with Crippen LogP contribution in [0.25, 0.3) is 0 Å². The molecule has 2 aromatic carbocycles. The Bertz CT molecular complexity index is 820. The quantitative estimate of drug-likeness (QED) is 0.750. The van der Waals surface area contributed by atoms with Gasteiger partial charge in [-0.2, -0.15) is 0 Å². The van der Waals surface area contributed by atoms with E-state index in [4.69, 9.17) is 9.47 Å². The fourth-order valence-corrected chi connectivity index (χ4v) is 2.73. The van der Waals surface area contributed by atoms with Gasteiger partial charge in [-0.25, -0.2) is 0 Å². The van der Waals surface area contributed by atoms with E-state index in [1.54, 1.807) is 0 Å². The molecule has 0 aromatic heterocycles. The van der Waals surface area contributed by atoms with Gasteiger partial charge >= 0.3 is 0 Å². The van der Waals surface area contributed by atoms with E-state index in [0.717, 1.165) is 16.7 Å². The Morgan fingerprint density at radius 3 is 1.93 bits per heavy atom. The van der Waals surface area contributed by atoms with E-state index >= 15 is 0 Å². The van der Waals surface area contributed by atoms with Crippen LogP contribution >= 0.6 is 0 Å². The molecule has 28 heavy (non-hydrogen) atoms. The molecule has 0 atom stereocenters. The van der Waals surface area contributed by atoms with Crippen LogP contribution in [0.3, 0.4) is 0 Å². The summed E-state index contributed by atoms with van der Waals surface area (Å²) in [7, 11) is 0. The lowest BCUT2D eigenvalue weighted by atomic mass is 9.86. The first-order chi connectivity index (χ1) is 13.2. The van der Waals surface area contributed by atoms with Gasteiger partial charge in [0.05, 0.1) is 0 Å². The summed E-state index contributed by atoms with van der Waals surface area (Å²) in [6.07, 6.45) is 0. The molecule has 0 bridgehead atoms. The minimum absolute atomic E-state index is 0.105. The SMILES string of the molecule is Cc1cccc(C)c1OCC(=O)NNC(=O)COc1ccccc1C(C)(C)C. The van der Waals surface area contributed by atoms with Gasteiger partial charge in [-0.1, -0.05) is 57.2 Å². The van der Waals surface area contributed by atoms with Gasteiger partial charge in [0.25, 0.3) is 11.8 Å². The van der Waals surface area contributed by atoms with Crippen molar-refractivity contribution in [2.45, 2.75) is 40.0 Å². The molecule has 0 heterocycles. The van der Waals surface area contributed by atoms with Crippen molar-refractivity contribution in [1.82, 2.24) is 10.9 Å². The van der Waals surface area contributed by atoms with E-state index in [1.807, 2.05) is 56.3 Å². The number of benzene rings is 2. The molecule has 2 rings (SSSR count). The van der Waals surface area contributed by atoms with Crippen molar-refractivity contribution in [2.75, 3.05) is 13.2 Å². The van der Waals surface area contributed by atoms with Gasteiger partial charge in [0.1, 0.15) is 11.5 Å².